The van der Waals surface area contributed by atoms with Crippen molar-refractivity contribution in [2.24, 2.45) is 0 Å². The third kappa shape index (κ3) is 4.56. The molecule has 4 nitrogen and oxygen atoms in total. The van der Waals surface area contributed by atoms with Gasteiger partial charge in [-0.2, -0.15) is 0 Å². The summed E-state index contributed by atoms with van der Waals surface area (Å²) in [5, 5.41) is 13.3. The number of rotatable bonds is 7. The first-order chi connectivity index (χ1) is 9.66. The molecule has 1 fully saturated rings. The van der Waals surface area contributed by atoms with Gasteiger partial charge in [0.05, 0.1) is 24.9 Å². The van der Waals surface area contributed by atoms with Crippen molar-refractivity contribution < 1.29 is 14.6 Å². The molecular weight excluding hydrogens is 254 g/mol. The Morgan fingerprint density at radius 2 is 2.15 bits per heavy atom. The Hall–Kier alpha value is -0.940. The normalized spacial score (nSPS) is 25.6. The second-order valence-corrected chi connectivity index (χ2v) is 5.42. The smallest absolute Gasteiger partial charge is 0.0898 e. The zero-order valence-corrected chi connectivity index (χ0v) is 12.3. The molecule has 0 radical (unpaired) electrons. The van der Waals surface area contributed by atoms with E-state index in [0.717, 1.165) is 18.6 Å². The minimum Gasteiger partial charge on any atom is -0.389 e. The van der Waals surface area contributed by atoms with Gasteiger partial charge in [-0.3, -0.25) is 0 Å². The first-order valence-electron chi connectivity index (χ1n) is 7.36. The van der Waals surface area contributed by atoms with Crippen LogP contribution in [-0.2, 0) is 9.47 Å². The average Bonchev–Trinajstić information content (AvgIpc) is 2.89. The van der Waals surface area contributed by atoms with Gasteiger partial charge in [0.15, 0.2) is 0 Å². The minimum absolute atomic E-state index is 0.000382. The maximum atomic E-state index is 9.96. The van der Waals surface area contributed by atoms with Crippen molar-refractivity contribution in [3.63, 3.8) is 0 Å². The molecule has 4 heteroatoms. The van der Waals surface area contributed by atoms with Crippen LogP contribution in [0.1, 0.15) is 31.9 Å². The van der Waals surface area contributed by atoms with Gasteiger partial charge in [-0.25, -0.2) is 0 Å². The summed E-state index contributed by atoms with van der Waals surface area (Å²) in [5.41, 5.74) is 1.13. The number of hydrogen-bond donors (Lipinski definition) is 2. The predicted molar refractivity (Wildman–Crippen MR) is 78.6 cm³/mol. The molecule has 0 saturated carbocycles. The fraction of sp³-hybridized carbons (Fsp3) is 0.625. The third-order valence-electron chi connectivity index (χ3n) is 3.80. The fourth-order valence-corrected chi connectivity index (χ4v) is 2.42. The van der Waals surface area contributed by atoms with Crippen LogP contribution in [0.25, 0.3) is 0 Å². The van der Waals surface area contributed by atoms with Gasteiger partial charge in [0, 0.05) is 19.2 Å². The van der Waals surface area contributed by atoms with Crippen molar-refractivity contribution in [2.75, 3.05) is 19.8 Å². The van der Waals surface area contributed by atoms with Crippen molar-refractivity contribution in [1.82, 2.24) is 5.32 Å². The van der Waals surface area contributed by atoms with Crippen LogP contribution in [0, 0.1) is 0 Å². The van der Waals surface area contributed by atoms with Crippen LogP contribution in [0.3, 0.4) is 0 Å². The molecule has 1 aromatic rings. The molecule has 0 spiro atoms. The second kappa shape index (κ2) is 7.74. The molecule has 2 N–H and O–H groups in total. The lowest BCUT2D eigenvalue weighted by molar-refractivity contribution is -0.00378. The van der Waals surface area contributed by atoms with Crippen LogP contribution in [0.5, 0.6) is 0 Å². The van der Waals surface area contributed by atoms with Gasteiger partial charge in [-0.15, -0.1) is 0 Å². The topological polar surface area (TPSA) is 50.7 Å². The molecule has 1 aliphatic rings. The largest absolute Gasteiger partial charge is 0.389 e. The van der Waals surface area contributed by atoms with E-state index in [0.29, 0.717) is 19.2 Å². The molecule has 4 atom stereocenters. The van der Waals surface area contributed by atoms with Gasteiger partial charge in [0.25, 0.3) is 0 Å². The van der Waals surface area contributed by atoms with Gasteiger partial charge in [-0.1, -0.05) is 30.3 Å². The predicted octanol–water partition coefficient (Wildman–Crippen LogP) is 1.89. The lowest BCUT2D eigenvalue weighted by Gasteiger charge is -2.20. The quantitative estimate of drug-likeness (QED) is 0.800. The van der Waals surface area contributed by atoms with Crippen molar-refractivity contribution in [2.45, 2.75) is 44.6 Å². The molecular formula is C16H25NO3. The second-order valence-electron chi connectivity index (χ2n) is 5.42. The van der Waals surface area contributed by atoms with E-state index in [4.69, 9.17) is 9.47 Å². The van der Waals surface area contributed by atoms with Crippen molar-refractivity contribution in [3.8, 4) is 0 Å². The maximum absolute atomic E-state index is 9.96. The molecule has 1 heterocycles. The first kappa shape index (κ1) is 15.4. The molecule has 1 saturated heterocycles. The Labute approximate surface area is 121 Å². The molecule has 0 aromatic heterocycles. The lowest BCUT2D eigenvalue weighted by Crippen LogP contribution is -2.40. The highest BCUT2D eigenvalue weighted by Gasteiger charge is 2.24. The Kier molecular flexibility index (Phi) is 5.98. The molecule has 1 aromatic carbocycles. The number of nitrogens with one attached hydrogen (secondary N) is 1. The fourth-order valence-electron chi connectivity index (χ4n) is 2.42. The summed E-state index contributed by atoms with van der Waals surface area (Å²) in [6.07, 6.45) is 0.745. The summed E-state index contributed by atoms with van der Waals surface area (Å²) in [6.45, 7) is 5.74. The van der Waals surface area contributed by atoms with Crippen LogP contribution in [0.4, 0.5) is 0 Å². The molecule has 4 unspecified atom stereocenters. The van der Waals surface area contributed by atoms with E-state index in [9.17, 15) is 5.11 Å². The summed E-state index contributed by atoms with van der Waals surface area (Å²) in [7, 11) is 0. The van der Waals surface area contributed by atoms with Gasteiger partial charge >= 0.3 is 0 Å². The number of aliphatic hydroxyl groups is 1. The van der Waals surface area contributed by atoms with E-state index in [2.05, 4.69) is 12.2 Å². The van der Waals surface area contributed by atoms with E-state index < -0.39 is 6.10 Å². The molecule has 0 amide bonds. The number of ether oxygens (including phenoxy) is 2. The van der Waals surface area contributed by atoms with Crippen molar-refractivity contribution in [1.29, 1.82) is 0 Å². The summed E-state index contributed by atoms with van der Waals surface area (Å²) in [6, 6.07) is 10.4. The van der Waals surface area contributed by atoms with Gasteiger partial charge in [0.1, 0.15) is 0 Å². The highest BCUT2D eigenvalue weighted by molar-refractivity contribution is 5.16. The first-order valence-corrected chi connectivity index (χ1v) is 7.36. The minimum atomic E-state index is -0.492. The van der Waals surface area contributed by atoms with Crippen LogP contribution in [-0.4, -0.2) is 43.1 Å². The Morgan fingerprint density at radius 1 is 1.40 bits per heavy atom. The SMILES string of the molecule is CC(OCC(O)CNC1CCOC1C)c1ccccc1. The van der Waals surface area contributed by atoms with Crippen molar-refractivity contribution >= 4 is 0 Å². The van der Waals surface area contributed by atoms with Gasteiger partial charge in [-0.05, 0) is 25.8 Å². The number of benzene rings is 1. The molecule has 2 rings (SSSR count). The molecule has 112 valence electrons. The number of hydrogen-bond acceptors (Lipinski definition) is 4. The van der Waals surface area contributed by atoms with Gasteiger partial charge in [0.2, 0.25) is 0 Å². The molecule has 20 heavy (non-hydrogen) atoms. The van der Waals surface area contributed by atoms with E-state index in [1.807, 2.05) is 37.3 Å². The summed E-state index contributed by atoms with van der Waals surface area (Å²) in [4.78, 5) is 0. The van der Waals surface area contributed by atoms with E-state index in [1.54, 1.807) is 0 Å². The zero-order valence-electron chi connectivity index (χ0n) is 12.3. The lowest BCUT2D eigenvalue weighted by atomic mass is 10.1. The zero-order chi connectivity index (χ0) is 14.4. The Morgan fingerprint density at radius 3 is 2.80 bits per heavy atom. The van der Waals surface area contributed by atoms with Crippen LogP contribution < -0.4 is 5.32 Å². The highest BCUT2D eigenvalue weighted by atomic mass is 16.5. The van der Waals surface area contributed by atoms with Crippen LogP contribution >= 0.6 is 0 Å². The molecule has 0 bridgehead atoms. The maximum Gasteiger partial charge on any atom is 0.0898 e. The van der Waals surface area contributed by atoms with Crippen LogP contribution in [0.15, 0.2) is 30.3 Å². The van der Waals surface area contributed by atoms with Gasteiger partial charge < -0.3 is 19.9 Å². The van der Waals surface area contributed by atoms with E-state index in [-0.39, 0.29) is 12.2 Å². The van der Waals surface area contributed by atoms with Crippen LogP contribution in [0.2, 0.25) is 0 Å². The summed E-state index contributed by atoms with van der Waals surface area (Å²) in [5.74, 6) is 0. The average molecular weight is 279 g/mol. The van der Waals surface area contributed by atoms with E-state index in [1.165, 1.54) is 0 Å². The standard InChI is InChI=1S/C16H25NO3/c1-12(14-6-4-3-5-7-14)20-11-15(18)10-17-16-8-9-19-13(16)2/h3-7,12-13,15-18H,8-11H2,1-2H3. The molecule has 1 aliphatic heterocycles. The number of aliphatic hydroxyl groups excluding tert-OH is 1. The van der Waals surface area contributed by atoms with Crippen molar-refractivity contribution in [3.05, 3.63) is 35.9 Å². The Bertz CT molecular complexity index is 385. The monoisotopic (exact) mass is 279 g/mol. The summed E-state index contributed by atoms with van der Waals surface area (Å²) >= 11 is 0. The summed E-state index contributed by atoms with van der Waals surface area (Å²) < 4.78 is 11.2. The molecule has 0 aliphatic carbocycles. The van der Waals surface area contributed by atoms with E-state index >= 15 is 0 Å². The Balaban J connectivity index is 1.66. The highest BCUT2D eigenvalue weighted by Crippen LogP contribution is 2.16. The third-order valence-corrected chi connectivity index (χ3v) is 3.80.